The molecule has 0 fully saturated rings. The van der Waals surface area contributed by atoms with Gasteiger partial charge in [0, 0.05) is 12.0 Å². The van der Waals surface area contributed by atoms with Gasteiger partial charge in [0.2, 0.25) is 6.41 Å². The number of carbonyl (C=O) groups excluding carboxylic acids is 1. The van der Waals surface area contributed by atoms with Crippen molar-refractivity contribution >= 4 is 29.6 Å². The number of halogens is 2. The van der Waals surface area contributed by atoms with Crippen molar-refractivity contribution in [2.75, 3.05) is 0 Å². The second kappa shape index (κ2) is 6.08. The highest BCUT2D eigenvalue weighted by Crippen LogP contribution is 2.38. The number of carbonyl (C=O) groups is 1. The van der Waals surface area contributed by atoms with Crippen LogP contribution in [0.25, 0.3) is 0 Å². The van der Waals surface area contributed by atoms with E-state index in [0.717, 1.165) is 24.8 Å². The lowest BCUT2D eigenvalue weighted by molar-refractivity contribution is -0.110. The molecule has 21 heavy (non-hydrogen) atoms. The summed E-state index contributed by atoms with van der Waals surface area (Å²) in [6.07, 6.45) is 2.52. The van der Waals surface area contributed by atoms with Gasteiger partial charge < -0.3 is 5.32 Å². The minimum Gasteiger partial charge on any atom is -0.356 e. The molecule has 4 heteroatoms. The number of fused-ring (bicyclic) bond motifs is 1. The summed E-state index contributed by atoms with van der Waals surface area (Å²) in [5.74, 6) is 0.224. The van der Waals surface area contributed by atoms with E-state index in [0.29, 0.717) is 10.0 Å². The van der Waals surface area contributed by atoms with E-state index in [4.69, 9.17) is 23.2 Å². The minimum absolute atomic E-state index is 0.150. The third-order valence-corrected chi connectivity index (χ3v) is 4.81. The molecule has 0 aromatic heterocycles. The lowest BCUT2D eigenvalue weighted by Crippen LogP contribution is -2.35. The fraction of sp³-hybridized carbons (Fsp3) is 0.235. The Morgan fingerprint density at radius 2 is 1.90 bits per heavy atom. The molecule has 0 heterocycles. The zero-order chi connectivity index (χ0) is 14.8. The summed E-state index contributed by atoms with van der Waals surface area (Å²) in [6, 6.07) is 14.3. The Morgan fingerprint density at radius 1 is 1.10 bits per heavy atom. The average molecular weight is 320 g/mol. The molecule has 2 aromatic rings. The zero-order valence-electron chi connectivity index (χ0n) is 11.4. The topological polar surface area (TPSA) is 29.1 Å². The fourth-order valence-corrected chi connectivity index (χ4v) is 3.39. The molecule has 0 radical (unpaired) electrons. The van der Waals surface area contributed by atoms with Crippen molar-refractivity contribution in [3.63, 3.8) is 0 Å². The summed E-state index contributed by atoms with van der Waals surface area (Å²) in [7, 11) is 0. The first-order valence-corrected chi connectivity index (χ1v) is 7.67. The molecule has 2 aromatic carbocycles. The van der Waals surface area contributed by atoms with Crippen LogP contribution in [-0.2, 0) is 11.2 Å². The maximum Gasteiger partial charge on any atom is 0.207 e. The highest BCUT2D eigenvalue weighted by atomic mass is 35.5. The summed E-state index contributed by atoms with van der Waals surface area (Å²) in [4.78, 5) is 10.8. The van der Waals surface area contributed by atoms with E-state index in [1.54, 1.807) is 0 Å². The van der Waals surface area contributed by atoms with Crippen LogP contribution in [0.4, 0.5) is 0 Å². The largest absolute Gasteiger partial charge is 0.356 e. The molecule has 1 unspecified atom stereocenters. The maximum absolute atomic E-state index is 10.8. The molecule has 1 aliphatic carbocycles. The molecule has 2 nitrogen and oxygen atoms in total. The summed E-state index contributed by atoms with van der Waals surface area (Å²) < 4.78 is 0. The molecule has 0 saturated carbocycles. The third kappa shape index (κ3) is 2.92. The number of nitrogens with one attached hydrogen (secondary N) is 1. The predicted octanol–water partition coefficient (Wildman–Crippen LogP) is 4.19. The van der Waals surface area contributed by atoms with Crippen LogP contribution in [0.2, 0.25) is 10.0 Å². The number of rotatable bonds is 3. The van der Waals surface area contributed by atoms with Crippen LogP contribution < -0.4 is 5.32 Å². The second-order valence-electron chi connectivity index (χ2n) is 5.35. The maximum atomic E-state index is 10.8. The van der Waals surface area contributed by atoms with Gasteiger partial charge in [0.25, 0.3) is 0 Å². The van der Waals surface area contributed by atoms with Gasteiger partial charge in [0.15, 0.2) is 0 Å². The first-order chi connectivity index (χ1) is 10.2. The highest BCUT2D eigenvalue weighted by Gasteiger charge is 2.27. The standard InChI is InChI=1S/C17H15Cl2NO/c18-16-6-5-12(8-17(16)19)15-9-13(20-10-21)7-11-3-1-2-4-14(11)15/h1-6,8,10,13,15H,7,9H2,(H,20,21)/t13?,15-/m0/s1. The van der Waals surface area contributed by atoms with Crippen molar-refractivity contribution in [3.8, 4) is 0 Å². The average Bonchev–Trinajstić information content (AvgIpc) is 2.50. The fourth-order valence-electron chi connectivity index (χ4n) is 3.09. The lowest BCUT2D eigenvalue weighted by atomic mass is 9.77. The van der Waals surface area contributed by atoms with E-state index in [1.165, 1.54) is 11.1 Å². The van der Waals surface area contributed by atoms with Crippen molar-refractivity contribution in [1.29, 1.82) is 0 Å². The molecular formula is C17H15Cl2NO. The van der Waals surface area contributed by atoms with Crippen LogP contribution in [0.1, 0.15) is 29.0 Å². The third-order valence-electron chi connectivity index (χ3n) is 4.07. The summed E-state index contributed by atoms with van der Waals surface area (Å²) in [6.45, 7) is 0. The van der Waals surface area contributed by atoms with Gasteiger partial charge >= 0.3 is 0 Å². The number of benzene rings is 2. The SMILES string of the molecule is O=CNC1Cc2ccccc2[C@H](c2ccc(Cl)c(Cl)c2)C1. The molecule has 1 N–H and O–H groups in total. The molecule has 3 rings (SSSR count). The Hall–Kier alpha value is -1.51. The van der Waals surface area contributed by atoms with Gasteiger partial charge in [-0.2, -0.15) is 0 Å². The van der Waals surface area contributed by atoms with Gasteiger partial charge in [-0.1, -0.05) is 53.5 Å². The monoisotopic (exact) mass is 319 g/mol. The molecule has 0 saturated heterocycles. The van der Waals surface area contributed by atoms with Gasteiger partial charge in [-0.15, -0.1) is 0 Å². The van der Waals surface area contributed by atoms with Gasteiger partial charge in [-0.3, -0.25) is 4.79 Å². The van der Waals surface area contributed by atoms with Crippen LogP contribution in [0.5, 0.6) is 0 Å². The smallest absolute Gasteiger partial charge is 0.207 e. The molecule has 1 amide bonds. The van der Waals surface area contributed by atoms with Crippen LogP contribution in [0, 0.1) is 0 Å². The first-order valence-electron chi connectivity index (χ1n) is 6.91. The van der Waals surface area contributed by atoms with Crippen LogP contribution in [0.15, 0.2) is 42.5 Å². The highest BCUT2D eigenvalue weighted by molar-refractivity contribution is 6.42. The Kier molecular flexibility index (Phi) is 4.18. The van der Waals surface area contributed by atoms with E-state index in [-0.39, 0.29) is 12.0 Å². The molecule has 108 valence electrons. The van der Waals surface area contributed by atoms with Crippen molar-refractivity contribution in [1.82, 2.24) is 5.32 Å². The van der Waals surface area contributed by atoms with Crippen molar-refractivity contribution in [2.45, 2.75) is 24.8 Å². The van der Waals surface area contributed by atoms with Crippen molar-refractivity contribution in [3.05, 3.63) is 69.2 Å². The van der Waals surface area contributed by atoms with Gasteiger partial charge in [-0.25, -0.2) is 0 Å². The Morgan fingerprint density at radius 3 is 2.67 bits per heavy atom. The number of hydrogen-bond acceptors (Lipinski definition) is 1. The molecule has 0 bridgehead atoms. The van der Waals surface area contributed by atoms with Crippen molar-refractivity contribution in [2.24, 2.45) is 0 Å². The first kappa shape index (κ1) is 14.4. The zero-order valence-corrected chi connectivity index (χ0v) is 12.9. The molecule has 1 aliphatic rings. The number of hydrogen-bond donors (Lipinski definition) is 1. The lowest BCUT2D eigenvalue weighted by Gasteiger charge is -2.31. The van der Waals surface area contributed by atoms with Gasteiger partial charge in [0.1, 0.15) is 0 Å². The summed E-state index contributed by atoms with van der Waals surface area (Å²) >= 11 is 12.2. The Labute approximate surface area is 134 Å². The molecular weight excluding hydrogens is 305 g/mol. The second-order valence-corrected chi connectivity index (χ2v) is 6.16. The van der Waals surface area contributed by atoms with Crippen LogP contribution in [0.3, 0.4) is 0 Å². The van der Waals surface area contributed by atoms with E-state index in [2.05, 4.69) is 23.5 Å². The normalized spacial score (nSPS) is 20.7. The minimum atomic E-state index is 0.150. The van der Waals surface area contributed by atoms with E-state index >= 15 is 0 Å². The van der Waals surface area contributed by atoms with Gasteiger partial charge in [0.05, 0.1) is 10.0 Å². The summed E-state index contributed by atoms with van der Waals surface area (Å²) in [5, 5.41) is 4.04. The molecule has 0 aliphatic heterocycles. The Bertz CT molecular complexity index is 672. The number of amides is 1. The molecule has 2 atom stereocenters. The van der Waals surface area contributed by atoms with E-state index in [9.17, 15) is 4.79 Å². The Balaban J connectivity index is 2.03. The van der Waals surface area contributed by atoms with E-state index < -0.39 is 0 Å². The van der Waals surface area contributed by atoms with Crippen LogP contribution in [-0.4, -0.2) is 12.5 Å². The van der Waals surface area contributed by atoms with Crippen molar-refractivity contribution < 1.29 is 4.79 Å². The quantitative estimate of drug-likeness (QED) is 0.844. The van der Waals surface area contributed by atoms with Gasteiger partial charge in [-0.05, 0) is 41.7 Å². The summed E-state index contributed by atoms with van der Waals surface area (Å²) in [5.41, 5.74) is 3.72. The van der Waals surface area contributed by atoms with Crippen LogP contribution >= 0.6 is 23.2 Å². The molecule has 0 spiro atoms. The predicted molar refractivity (Wildman–Crippen MR) is 86.1 cm³/mol. The van der Waals surface area contributed by atoms with E-state index in [1.807, 2.05) is 24.3 Å².